The van der Waals surface area contributed by atoms with Crippen molar-refractivity contribution in [2.24, 2.45) is 11.8 Å². The molecule has 5 nitrogen and oxygen atoms in total. The van der Waals surface area contributed by atoms with E-state index in [0.29, 0.717) is 18.8 Å². The summed E-state index contributed by atoms with van der Waals surface area (Å²) in [5.74, 6) is -0.289. The summed E-state index contributed by atoms with van der Waals surface area (Å²) >= 11 is 0. The largest absolute Gasteiger partial charge is 0.349 e. The first-order valence-corrected chi connectivity index (χ1v) is 11.8. The fourth-order valence-corrected chi connectivity index (χ4v) is 5.31. The van der Waals surface area contributed by atoms with Gasteiger partial charge in [-0.15, -0.1) is 0 Å². The zero-order chi connectivity index (χ0) is 21.7. The fourth-order valence-electron chi connectivity index (χ4n) is 3.84. The molecule has 1 atom stereocenters. The molecule has 0 bridgehead atoms. The standard InChI is InChI=1S/C23H29FN2O3S/c1-17(2)16-22(18-6-4-3-5-7-18)25-23(27)19-12-14-26(15-13-19)30(28,29)21-10-8-20(24)9-11-21/h3-11,17,19,22H,12-16H2,1-2H3,(H,25,27)/t22-/m1/s1. The van der Waals surface area contributed by atoms with Crippen LogP contribution < -0.4 is 5.32 Å². The van der Waals surface area contributed by atoms with Gasteiger partial charge >= 0.3 is 0 Å². The summed E-state index contributed by atoms with van der Waals surface area (Å²) in [4.78, 5) is 13.0. The summed E-state index contributed by atoms with van der Waals surface area (Å²) in [5, 5.41) is 3.18. The number of nitrogens with one attached hydrogen (secondary N) is 1. The van der Waals surface area contributed by atoms with E-state index in [2.05, 4.69) is 19.2 Å². The number of halogens is 1. The molecule has 0 unspecified atom stereocenters. The average molecular weight is 433 g/mol. The molecule has 0 saturated carbocycles. The molecule has 1 saturated heterocycles. The van der Waals surface area contributed by atoms with Gasteiger partial charge in [0, 0.05) is 19.0 Å². The lowest BCUT2D eigenvalue weighted by atomic mass is 9.93. The Hall–Kier alpha value is -2.25. The average Bonchev–Trinajstić information content (AvgIpc) is 2.74. The Morgan fingerprint density at radius 2 is 1.67 bits per heavy atom. The quantitative estimate of drug-likeness (QED) is 0.715. The van der Waals surface area contributed by atoms with Crippen LogP contribution in [0.25, 0.3) is 0 Å². The molecule has 1 amide bonds. The lowest BCUT2D eigenvalue weighted by Gasteiger charge is -2.32. The first kappa shape index (κ1) is 22.4. The highest BCUT2D eigenvalue weighted by Gasteiger charge is 2.33. The molecule has 1 heterocycles. The fraction of sp³-hybridized carbons (Fsp3) is 0.435. The number of benzene rings is 2. The molecule has 2 aromatic carbocycles. The maximum absolute atomic E-state index is 13.1. The maximum atomic E-state index is 13.1. The predicted molar refractivity (Wildman–Crippen MR) is 115 cm³/mol. The minimum absolute atomic E-state index is 0.0247. The van der Waals surface area contributed by atoms with Gasteiger partial charge in [0.05, 0.1) is 10.9 Å². The van der Waals surface area contributed by atoms with Crippen LogP contribution in [0.1, 0.15) is 44.7 Å². The van der Waals surface area contributed by atoms with Crippen LogP contribution in [0.15, 0.2) is 59.5 Å². The molecule has 0 radical (unpaired) electrons. The van der Waals surface area contributed by atoms with E-state index in [1.807, 2.05) is 30.3 Å². The van der Waals surface area contributed by atoms with Crippen molar-refractivity contribution in [3.63, 3.8) is 0 Å². The number of rotatable bonds is 7. The Morgan fingerprint density at radius 1 is 1.07 bits per heavy atom. The molecule has 0 spiro atoms. The topological polar surface area (TPSA) is 66.5 Å². The second-order valence-corrected chi connectivity index (χ2v) is 10.2. The molecule has 3 rings (SSSR count). The number of carbonyl (C=O) groups excluding carboxylic acids is 1. The van der Waals surface area contributed by atoms with Crippen molar-refractivity contribution >= 4 is 15.9 Å². The van der Waals surface area contributed by atoms with Gasteiger partial charge in [0.15, 0.2) is 0 Å². The summed E-state index contributed by atoms with van der Waals surface area (Å²) in [5.41, 5.74) is 1.08. The highest BCUT2D eigenvalue weighted by atomic mass is 32.2. The third-order valence-corrected chi connectivity index (χ3v) is 7.41. The van der Waals surface area contributed by atoms with Crippen LogP contribution in [0.5, 0.6) is 0 Å². The molecule has 0 aromatic heterocycles. The van der Waals surface area contributed by atoms with E-state index in [1.54, 1.807) is 0 Å². The number of piperidine rings is 1. The third kappa shape index (κ3) is 5.46. The molecule has 1 N–H and O–H groups in total. The normalized spacial score (nSPS) is 17.1. The highest BCUT2D eigenvalue weighted by molar-refractivity contribution is 7.89. The molecule has 1 fully saturated rings. The zero-order valence-electron chi connectivity index (χ0n) is 17.4. The second-order valence-electron chi connectivity index (χ2n) is 8.23. The van der Waals surface area contributed by atoms with Gasteiger partial charge in [0.1, 0.15) is 5.82 Å². The van der Waals surface area contributed by atoms with E-state index in [4.69, 9.17) is 0 Å². The van der Waals surface area contributed by atoms with Crippen molar-refractivity contribution in [3.05, 3.63) is 66.0 Å². The molecule has 0 aliphatic carbocycles. The van der Waals surface area contributed by atoms with Crippen LogP contribution in [-0.2, 0) is 14.8 Å². The van der Waals surface area contributed by atoms with Gasteiger partial charge in [-0.05, 0) is 55.0 Å². The number of carbonyl (C=O) groups is 1. The zero-order valence-corrected chi connectivity index (χ0v) is 18.2. The van der Waals surface area contributed by atoms with Crippen molar-refractivity contribution in [1.29, 1.82) is 0 Å². The van der Waals surface area contributed by atoms with Crippen LogP contribution in [0, 0.1) is 17.7 Å². The van der Waals surface area contributed by atoms with Crippen LogP contribution in [0.4, 0.5) is 4.39 Å². The molecule has 7 heteroatoms. The van der Waals surface area contributed by atoms with E-state index in [1.165, 1.54) is 16.4 Å². The highest BCUT2D eigenvalue weighted by Crippen LogP contribution is 2.26. The number of hydrogen-bond donors (Lipinski definition) is 1. The summed E-state index contributed by atoms with van der Waals surface area (Å²) < 4.78 is 40.0. The minimum Gasteiger partial charge on any atom is -0.349 e. The van der Waals surface area contributed by atoms with Gasteiger partial charge in [-0.25, -0.2) is 12.8 Å². The predicted octanol–water partition coefficient (Wildman–Crippen LogP) is 4.13. The first-order chi connectivity index (χ1) is 14.3. The van der Waals surface area contributed by atoms with Crippen molar-refractivity contribution in [2.45, 2.75) is 44.0 Å². The summed E-state index contributed by atoms with van der Waals surface area (Å²) in [6.45, 7) is 4.80. The Labute approximate surface area is 178 Å². The van der Waals surface area contributed by atoms with E-state index in [9.17, 15) is 17.6 Å². The summed E-state index contributed by atoms with van der Waals surface area (Å²) in [7, 11) is -3.67. The van der Waals surface area contributed by atoms with E-state index in [-0.39, 0.29) is 35.9 Å². The Morgan fingerprint density at radius 3 is 2.23 bits per heavy atom. The number of hydrogen-bond acceptors (Lipinski definition) is 3. The number of amides is 1. The third-order valence-electron chi connectivity index (χ3n) is 5.50. The van der Waals surface area contributed by atoms with Gasteiger partial charge in [-0.2, -0.15) is 4.31 Å². The van der Waals surface area contributed by atoms with Crippen LogP contribution in [0.3, 0.4) is 0 Å². The van der Waals surface area contributed by atoms with Crippen molar-refractivity contribution in [2.75, 3.05) is 13.1 Å². The summed E-state index contributed by atoms with van der Waals surface area (Å²) in [6, 6.07) is 14.7. The lowest BCUT2D eigenvalue weighted by molar-refractivity contribution is -0.127. The Balaban J connectivity index is 1.62. The first-order valence-electron chi connectivity index (χ1n) is 10.4. The van der Waals surface area contributed by atoms with Crippen LogP contribution in [0.2, 0.25) is 0 Å². The molecule has 30 heavy (non-hydrogen) atoms. The van der Waals surface area contributed by atoms with E-state index >= 15 is 0 Å². The molecular weight excluding hydrogens is 403 g/mol. The van der Waals surface area contributed by atoms with Crippen molar-refractivity contribution < 1.29 is 17.6 Å². The number of sulfonamides is 1. The van der Waals surface area contributed by atoms with Gasteiger partial charge in [-0.1, -0.05) is 44.2 Å². The van der Waals surface area contributed by atoms with Gasteiger partial charge in [0.2, 0.25) is 15.9 Å². The second kappa shape index (κ2) is 9.71. The number of nitrogens with zero attached hydrogens (tertiary/aromatic N) is 1. The molecular formula is C23H29FN2O3S. The van der Waals surface area contributed by atoms with Gasteiger partial charge < -0.3 is 5.32 Å². The minimum atomic E-state index is -3.67. The van der Waals surface area contributed by atoms with Crippen LogP contribution in [-0.4, -0.2) is 31.7 Å². The smallest absolute Gasteiger partial charge is 0.243 e. The van der Waals surface area contributed by atoms with E-state index in [0.717, 1.165) is 24.1 Å². The Bertz CT molecular complexity index is 938. The van der Waals surface area contributed by atoms with Crippen LogP contribution >= 0.6 is 0 Å². The SMILES string of the molecule is CC(C)C[C@@H](NC(=O)C1CCN(S(=O)(=O)c2ccc(F)cc2)CC1)c1ccccc1. The Kier molecular flexibility index (Phi) is 7.26. The van der Waals surface area contributed by atoms with Gasteiger partial charge in [0.25, 0.3) is 0 Å². The maximum Gasteiger partial charge on any atom is 0.243 e. The lowest BCUT2D eigenvalue weighted by Crippen LogP contribution is -2.43. The summed E-state index contributed by atoms with van der Waals surface area (Å²) in [6.07, 6.45) is 1.78. The molecule has 2 aromatic rings. The van der Waals surface area contributed by atoms with Crippen molar-refractivity contribution in [3.8, 4) is 0 Å². The molecule has 1 aliphatic heterocycles. The monoisotopic (exact) mass is 432 g/mol. The molecule has 162 valence electrons. The van der Waals surface area contributed by atoms with Gasteiger partial charge in [-0.3, -0.25) is 4.79 Å². The van der Waals surface area contributed by atoms with E-state index < -0.39 is 15.8 Å². The van der Waals surface area contributed by atoms with Crippen molar-refractivity contribution in [1.82, 2.24) is 9.62 Å². The molecule has 1 aliphatic rings.